The average molecular weight is 370 g/mol. The second kappa shape index (κ2) is 8.07. The van der Waals surface area contributed by atoms with Crippen molar-refractivity contribution in [2.75, 3.05) is 19.0 Å². The van der Waals surface area contributed by atoms with E-state index in [0.717, 1.165) is 12.8 Å². The van der Waals surface area contributed by atoms with E-state index in [1.165, 1.54) is 18.2 Å². The highest BCUT2D eigenvalue weighted by atomic mass is 16.6. The molecule has 27 heavy (non-hydrogen) atoms. The summed E-state index contributed by atoms with van der Waals surface area (Å²) in [5.41, 5.74) is 0.753. The largest absolute Gasteiger partial charge is 0.497 e. The van der Waals surface area contributed by atoms with Crippen molar-refractivity contribution in [2.24, 2.45) is 5.92 Å². The van der Waals surface area contributed by atoms with Gasteiger partial charge in [-0.05, 0) is 31.1 Å². The van der Waals surface area contributed by atoms with Gasteiger partial charge in [0.05, 0.1) is 17.6 Å². The number of unbranched alkanes of at least 4 members (excludes halogenated alkanes) is 1. The first-order valence-corrected chi connectivity index (χ1v) is 8.96. The van der Waals surface area contributed by atoms with Gasteiger partial charge >= 0.3 is 0 Å². The van der Waals surface area contributed by atoms with E-state index in [9.17, 15) is 14.9 Å². The molecule has 0 radical (unpaired) electrons. The van der Waals surface area contributed by atoms with Gasteiger partial charge in [-0.3, -0.25) is 14.9 Å². The molecule has 7 heteroatoms. The van der Waals surface area contributed by atoms with Crippen molar-refractivity contribution in [1.29, 1.82) is 0 Å². The molecule has 0 fully saturated rings. The van der Waals surface area contributed by atoms with Crippen LogP contribution in [0.1, 0.15) is 36.5 Å². The third-order valence-electron chi connectivity index (χ3n) is 4.58. The van der Waals surface area contributed by atoms with Crippen LogP contribution < -0.4 is 5.32 Å². The van der Waals surface area contributed by atoms with Crippen LogP contribution in [0.4, 0.5) is 11.6 Å². The molecule has 3 rings (SSSR count). The Morgan fingerprint density at radius 3 is 2.89 bits per heavy atom. The second-order valence-corrected chi connectivity index (χ2v) is 6.40. The molecule has 0 saturated heterocycles. The number of carbonyl (C=O) groups is 1. The fraction of sp³-hybridized carbons (Fsp3) is 0.350. The maximum absolute atomic E-state index is 13.2. The number of hydrogen-bond acceptors (Lipinski definition) is 6. The summed E-state index contributed by atoms with van der Waals surface area (Å²) in [6.45, 7) is 2.73. The molecule has 1 heterocycles. The summed E-state index contributed by atoms with van der Waals surface area (Å²) in [4.78, 5) is 23.9. The molecule has 7 nitrogen and oxygen atoms in total. The van der Waals surface area contributed by atoms with E-state index in [-0.39, 0.29) is 17.4 Å². The van der Waals surface area contributed by atoms with Crippen LogP contribution >= 0.6 is 0 Å². The SMILES string of the molecule is CCCCNc1oc2ccc([N+](=O)[O-])cc2c1C(=O)C1C=CC(OC)=CC1. The van der Waals surface area contributed by atoms with Gasteiger partial charge in [-0.25, -0.2) is 0 Å². The zero-order valence-electron chi connectivity index (χ0n) is 15.4. The number of furan rings is 1. The highest BCUT2D eigenvalue weighted by molar-refractivity contribution is 6.13. The number of non-ortho nitro benzene ring substituents is 1. The Labute approximate surface area is 156 Å². The molecular formula is C20H22N2O5. The predicted molar refractivity (Wildman–Crippen MR) is 103 cm³/mol. The van der Waals surface area contributed by atoms with Crippen LogP contribution in [0.15, 0.2) is 46.6 Å². The maximum Gasteiger partial charge on any atom is 0.270 e. The number of carbonyl (C=O) groups excluding carboxylic acids is 1. The number of benzene rings is 1. The first kappa shape index (κ1) is 18.7. The number of ketones is 1. The first-order chi connectivity index (χ1) is 13.0. The predicted octanol–water partition coefficient (Wildman–Crippen LogP) is 4.84. The monoisotopic (exact) mass is 370 g/mol. The van der Waals surface area contributed by atoms with E-state index in [0.29, 0.717) is 41.1 Å². The molecular weight excluding hydrogens is 348 g/mol. The number of hydrogen-bond donors (Lipinski definition) is 1. The van der Waals surface area contributed by atoms with Crippen molar-refractivity contribution >= 4 is 28.3 Å². The number of nitro groups is 1. The molecule has 1 aromatic heterocycles. The van der Waals surface area contributed by atoms with Crippen LogP contribution in [0, 0.1) is 16.0 Å². The zero-order valence-corrected chi connectivity index (χ0v) is 15.4. The number of methoxy groups -OCH3 is 1. The minimum Gasteiger partial charge on any atom is -0.497 e. The number of anilines is 1. The number of nitro benzene ring substituents is 1. The number of ether oxygens (including phenoxy) is 1. The lowest BCUT2D eigenvalue weighted by atomic mass is 9.90. The smallest absolute Gasteiger partial charge is 0.270 e. The van der Waals surface area contributed by atoms with Crippen LogP contribution in [0.25, 0.3) is 11.0 Å². The van der Waals surface area contributed by atoms with Crippen molar-refractivity contribution in [3.8, 4) is 0 Å². The Morgan fingerprint density at radius 1 is 1.44 bits per heavy atom. The summed E-state index contributed by atoms with van der Waals surface area (Å²) >= 11 is 0. The van der Waals surface area contributed by atoms with Crippen molar-refractivity contribution in [3.05, 3.63) is 57.9 Å². The zero-order chi connectivity index (χ0) is 19.4. The molecule has 1 aliphatic rings. The number of Topliss-reactive ketones (excluding diaryl/α,β-unsaturated/α-hetero) is 1. The molecule has 1 aromatic carbocycles. The number of fused-ring (bicyclic) bond motifs is 1. The molecule has 0 bridgehead atoms. The van der Waals surface area contributed by atoms with Crippen LogP contribution in [0.5, 0.6) is 0 Å². The standard InChI is InChI=1S/C20H22N2O5/c1-3-4-11-21-20-18(19(23)13-5-8-15(26-2)9-6-13)16-12-14(22(24)25)7-10-17(16)27-20/h5,7-10,12-13,21H,3-4,6,11H2,1-2H3. The molecule has 0 aliphatic heterocycles. The quantitative estimate of drug-likeness (QED) is 0.309. The van der Waals surface area contributed by atoms with Gasteiger partial charge in [0.25, 0.3) is 5.69 Å². The molecule has 0 saturated carbocycles. The van der Waals surface area contributed by atoms with E-state index < -0.39 is 4.92 Å². The summed E-state index contributed by atoms with van der Waals surface area (Å²) < 4.78 is 11.0. The third-order valence-corrected chi connectivity index (χ3v) is 4.58. The fourth-order valence-electron chi connectivity index (χ4n) is 3.08. The van der Waals surface area contributed by atoms with Crippen molar-refractivity contribution in [1.82, 2.24) is 0 Å². The molecule has 2 aromatic rings. The molecule has 1 unspecified atom stereocenters. The molecule has 1 aliphatic carbocycles. The van der Waals surface area contributed by atoms with E-state index in [1.807, 2.05) is 6.08 Å². The van der Waals surface area contributed by atoms with E-state index in [4.69, 9.17) is 9.15 Å². The lowest BCUT2D eigenvalue weighted by Crippen LogP contribution is -2.16. The number of nitrogens with zero attached hydrogens (tertiary/aromatic N) is 1. The molecule has 1 atom stereocenters. The van der Waals surface area contributed by atoms with Gasteiger partial charge in [-0.1, -0.05) is 19.4 Å². The van der Waals surface area contributed by atoms with Crippen LogP contribution in [-0.2, 0) is 4.74 Å². The van der Waals surface area contributed by atoms with Gasteiger partial charge in [0.1, 0.15) is 11.3 Å². The summed E-state index contributed by atoms with van der Waals surface area (Å²) in [6.07, 6.45) is 7.85. The van der Waals surface area contributed by atoms with E-state index in [2.05, 4.69) is 12.2 Å². The number of allylic oxidation sites excluding steroid dienone is 3. The van der Waals surface area contributed by atoms with Gasteiger partial charge in [0.2, 0.25) is 5.88 Å². The summed E-state index contributed by atoms with van der Waals surface area (Å²) in [6, 6.07) is 4.32. The Hall–Kier alpha value is -3.09. The van der Waals surface area contributed by atoms with Gasteiger partial charge < -0.3 is 14.5 Å². The highest BCUT2D eigenvalue weighted by Crippen LogP contribution is 2.35. The molecule has 0 amide bonds. The summed E-state index contributed by atoms with van der Waals surface area (Å²) in [7, 11) is 1.58. The van der Waals surface area contributed by atoms with Crippen molar-refractivity contribution in [3.63, 3.8) is 0 Å². The van der Waals surface area contributed by atoms with Gasteiger partial charge in [0, 0.05) is 30.0 Å². The van der Waals surface area contributed by atoms with Crippen molar-refractivity contribution < 1.29 is 18.9 Å². The van der Waals surface area contributed by atoms with Crippen LogP contribution in [0.3, 0.4) is 0 Å². The Morgan fingerprint density at radius 2 is 2.26 bits per heavy atom. The van der Waals surface area contributed by atoms with Gasteiger partial charge in [-0.15, -0.1) is 0 Å². The lowest BCUT2D eigenvalue weighted by Gasteiger charge is -2.15. The first-order valence-electron chi connectivity index (χ1n) is 8.96. The Balaban J connectivity index is 2.01. The van der Waals surface area contributed by atoms with Crippen molar-refractivity contribution in [2.45, 2.75) is 26.2 Å². The van der Waals surface area contributed by atoms with E-state index in [1.54, 1.807) is 19.3 Å². The minimum absolute atomic E-state index is 0.0711. The Bertz CT molecular complexity index is 926. The second-order valence-electron chi connectivity index (χ2n) is 6.40. The van der Waals surface area contributed by atoms with E-state index >= 15 is 0 Å². The average Bonchev–Trinajstić information content (AvgIpc) is 3.05. The molecule has 0 spiro atoms. The third kappa shape index (κ3) is 3.86. The van der Waals surface area contributed by atoms with Crippen LogP contribution in [-0.4, -0.2) is 24.4 Å². The summed E-state index contributed by atoms with van der Waals surface area (Å²) in [5, 5.41) is 14.8. The fourth-order valence-corrected chi connectivity index (χ4v) is 3.08. The normalized spacial score (nSPS) is 16.2. The summed E-state index contributed by atoms with van der Waals surface area (Å²) in [5.74, 6) is 0.596. The lowest BCUT2D eigenvalue weighted by molar-refractivity contribution is -0.384. The van der Waals surface area contributed by atoms with Crippen LogP contribution in [0.2, 0.25) is 0 Å². The number of rotatable bonds is 8. The van der Waals surface area contributed by atoms with Gasteiger partial charge in [-0.2, -0.15) is 0 Å². The molecule has 142 valence electrons. The highest BCUT2D eigenvalue weighted by Gasteiger charge is 2.28. The number of nitrogens with one attached hydrogen (secondary N) is 1. The van der Waals surface area contributed by atoms with Gasteiger partial charge in [0.15, 0.2) is 5.78 Å². The molecule has 1 N–H and O–H groups in total. The minimum atomic E-state index is -0.473. The maximum atomic E-state index is 13.2. The Kier molecular flexibility index (Phi) is 5.59. The topological polar surface area (TPSA) is 94.6 Å².